The van der Waals surface area contributed by atoms with Gasteiger partial charge in [0.25, 0.3) is 5.91 Å². The average molecular weight is 411 g/mol. The van der Waals surface area contributed by atoms with Crippen LogP contribution < -0.4 is 0 Å². The van der Waals surface area contributed by atoms with Gasteiger partial charge in [-0.3, -0.25) is 9.59 Å². The molecule has 4 nitrogen and oxygen atoms in total. The van der Waals surface area contributed by atoms with Gasteiger partial charge < -0.3 is 9.80 Å². The first kappa shape index (κ1) is 20.1. The lowest BCUT2D eigenvalue weighted by atomic mass is 9.83. The van der Waals surface area contributed by atoms with E-state index >= 15 is 0 Å². The first-order valence-electron chi connectivity index (χ1n) is 10.8. The van der Waals surface area contributed by atoms with Gasteiger partial charge >= 0.3 is 0 Å². The Bertz CT molecular complexity index is 848. The molecule has 2 saturated heterocycles. The number of piperidine rings is 2. The third-order valence-electron chi connectivity index (χ3n) is 6.33. The molecule has 0 N–H and O–H groups in total. The van der Waals surface area contributed by atoms with Gasteiger partial charge in [0.2, 0.25) is 5.91 Å². The molecule has 1 aromatic carbocycles. The van der Waals surface area contributed by atoms with Crippen molar-refractivity contribution in [3.05, 3.63) is 57.8 Å². The van der Waals surface area contributed by atoms with Crippen molar-refractivity contribution in [2.24, 2.45) is 5.92 Å². The monoisotopic (exact) mass is 410 g/mol. The Labute approximate surface area is 177 Å². The van der Waals surface area contributed by atoms with Gasteiger partial charge in [-0.05, 0) is 62.6 Å². The smallest absolute Gasteiger partial charge is 0.264 e. The van der Waals surface area contributed by atoms with E-state index in [1.165, 1.54) is 10.4 Å². The summed E-state index contributed by atoms with van der Waals surface area (Å²) in [5.74, 6) is 0.873. The number of fused-ring (bicyclic) bond motifs is 1. The molecule has 2 atom stereocenters. The van der Waals surface area contributed by atoms with E-state index in [9.17, 15) is 9.59 Å². The van der Waals surface area contributed by atoms with Crippen LogP contribution in [0.1, 0.15) is 52.2 Å². The lowest BCUT2D eigenvalue weighted by molar-refractivity contribution is -0.134. The van der Waals surface area contributed by atoms with Crippen molar-refractivity contribution in [1.82, 2.24) is 9.80 Å². The second-order valence-electron chi connectivity index (χ2n) is 8.35. The lowest BCUT2D eigenvalue weighted by Gasteiger charge is -2.47. The van der Waals surface area contributed by atoms with Crippen LogP contribution in [0.5, 0.6) is 0 Å². The van der Waals surface area contributed by atoms with Crippen molar-refractivity contribution in [3.8, 4) is 0 Å². The number of thiophene rings is 1. The van der Waals surface area contributed by atoms with Crippen molar-refractivity contribution in [3.63, 3.8) is 0 Å². The van der Waals surface area contributed by atoms with Gasteiger partial charge in [0.05, 0.1) is 4.88 Å². The largest absolute Gasteiger partial charge is 0.342 e. The Morgan fingerprint density at radius 2 is 1.90 bits per heavy atom. The molecule has 5 heteroatoms. The molecule has 0 aliphatic carbocycles. The Kier molecular flexibility index (Phi) is 6.34. The van der Waals surface area contributed by atoms with Crippen LogP contribution in [0.15, 0.2) is 42.5 Å². The highest BCUT2D eigenvalue weighted by Crippen LogP contribution is 2.33. The number of hydrogen-bond acceptors (Lipinski definition) is 3. The van der Waals surface area contributed by atoms with E-state index in [-0.39, 0.29) is 17.9 Å². The fourth-order valence-electron chi connectivity index (χ4n) is 4.82. The molecular formula is C24H30N2O2S. The van der Waals surface area contributed by atoms with E-state index in [1.807, 2.05) is 25.1 Å². The maximum absolute atomic E-state index is 13.0. The average Bonchev–Trinajstić information content (AvgIpc) is 3.19. The first-order valence-corrected chi connectivity index (χ1v) is 11.6. The fourth-order valence-corrected chi connectivity index (χ4v) is 5.64. The molecule has 29 heavy (non-hydrogen) atoms. The molecular weight excluding hydrogens is 380 g/mol. The summed E-state index contributed by atoms with van der Waals surface area (Å²) in [7, 11) is 0. The van der Waals surface area contributed by atoms with Crippen LogP contribution in [0, 0.1) is 12.8 Å². The quantitative estimate of drug-likeness (QED) is 0.726. The van der Waals surface area contributed by atoms with Crippen LogP contribution in [0.2, 0.25) is 0 Å². The summed E-state index contributed by atoms with van der Waals surface area (Å²) >= 11 is 1.59. The summed E-state index contributed by atoms with van der Waals surface area (Å²) in [6.45, 7) is 4.48. The molecule has 3 heterocycles. The highest BCUT2D eigenvalue weighted by atomic mass is 32.1. The molecule has 2 fully saturated rings. The molecule has 2 aliphatic heterocycles. The summed E-state index contributed by atoms with van der Waals surface area (Å²) in [5.41, 5.74) is 1.30. The van der Waals surface area contributed by atoms with Crippen molar-refractivity contribution >= 4 is 23.2 Å². The summed E-state index contributed by atoms with van der Waals surface area (Å²) in [6, 6.07) is 14.6. The topological polar surface area (TPSA) is 40.6 Å². The van der Waals surface area contributed by atoms with Crippen LogP contribution in [-0.2, 0) is 11.2 Å². The second-order valence-corrected chi connectivity index (χ2v) is 9.63. The summed E-state index contributed by atoms with van der Waals surface area (Å²) in [5, 5.41) is 0. The Morgan fingerprint density at radius 3 is 2.66 bits per heavy atom. The number of amides is 2. The number of rotatable bonds is 5. The van der Waals surface area contributed by atoms with Gasteiger partial charge in [-0.1, -0.05) is 30.3 Å². The minimum atomic E-state index is 0.181. The van der Waals surface area contributed by atoms with Gasteiger partial charge in [-0.2, -0.15) is 0 Å². The van der Waals surface area contributed by atoms with Crippen molar-refractivity contribution in [2.75, 3.05) is 19.6 Å². The number of carbonyl (C=O) groups is 2. The molecule has 0 unspecified atom stereocenters. The minimum absolute atomic E-state index is 0.181. The Morgan fingerprint density at radius 1 is 1.07 bits per heavy atom. The number of carbonyl (C=O) groups excluding carboxylic acids is 2. The van der Waals surface area contributed by atoms with Gasteiger partial charge in [0, 0.05) is 37.0 Å². The Balaban J connectivity index is 1.31. The van der Waals surface area contributed by atoms with Crippen LogP contribution >= 0.6 is 11.3 Å². The highest BCUT2D eigenvalue weighted by molar-refractivity contribution is 7.13. The second kappa shape index (κ2) is 9.12. The molecule has 0 saturated carbocycles. The molecule has 0 bridgehead atoms. The summed E-state index contributed by atoms with van der Waals surface area (Å²) in [4.78, 5) is 31.9. The van der Waals surface area contributed by atoms with Gasteiger partial charge in [0.1, 0.15) is 0 Å². The molecule has 2 aromatic rings. The van der Waals surface area contributed by atoms with E-state index in [4.69, 9.17) is 0 Å². The van der Waals surface area contributed by atoms with E-state index in [1.54, 1.807) is 11.3 Å². The minimum Gasteiger partial charge on any atom is -0.342 e. The van der Waals surface area contributed by atoms with Crippen LogP contribution in [0.4, 0.5) is 0 Å². The van der Waals surface area contributed by atoms with E-state index in [2.05, 4.69) is 34.1 Å². The molecule has 1 aromatic heterocycles. The van der Waals surface area contributed by atoms with Crippen LogP contribution in [0.25, 0.3) is 0 Å². The van der Waals surface area contributed by atoms with Gasteiger partial charge in [-0.25, -0.2) is 0 Å². The molecule has 154 valence electrons. The molecule has 4 rings (SSSR count). The third-order valence-corrected chi connectivity index (χ3v) is 7.32. The number of hydrogen-bond donors (Lipinski definition) is 0. The molecule has 0 radical (unpaired) electrons. The maximum atomic E-state index is 13.0. The zero-order valence-electron chi connectivity index (χ0n) is 17.2. The van der Waals surface area contributed by atoms with Crippen molar-refractivity contribution in [2.45, 2.75) is 51.5 Å². The van der Waals surface area contributed by atoms with Gasteiger partial charge in [0.15, 0.2) is 0 Å². The Hall–Kier alpha value is -2.14. The number of nitrogens with zero attached hydrogens (tertiary/aromatic N) is 2. The zero-order valence-corrected chi connectivity index (χ0v) is 18.0. The lowest BCUT2D eigenvalue weighted by Crippen LogP contribution is -2.56. The summed E-state index contributed by atoms with van der Waals surface area (Å²) in [6.07, 6.45) is 5.53. The zero-order chi connectivity index (χ0) is 20.2. The summed E-state index contributed by atoms with van der Waals surface area (Å²) < 4.78 is 0. The van der Waals surface area contributed by atoms with E-state index in [0.29, 0.717) is 12.3 Å². The predicted molar refractivity (Wildman–Crippen MR) is 117 cm³/mol. The van der Waals surface area contributed by atoms with Crippen LogP contribution in [-0.4, -0.2) is 47.3 Å². The van der Waals surface area contributed by atoms with Crippen molar-refractivity contribution in [1.29, 1.82) is 0 Å². The molecule has 2 aliphatic rings. The standard InChI is InChI=1S/C24H30N2O2S/c1-18-12-13-22(29-18)24(28)26-15-6-10-20-17-25(16-14-21(20)26)23(27)11-5-9-19-7-3-2-4-8-19/h2-4,7-8,12-13,20-21H,5-6,9-11,14-17H2,1H3/t20-,21+/m1/s1. The maximum Gasteiger partial charge on any atom is 0.264 e. The number of likely N-dealkylation sites (tertiary alicyclic amines) is 2. The normalized spacial score (nSPS) is 21.7. The predicted octanol–water partition coefficient (Wildman–Crippen LogP) is 4.53. The number of aryl methyl sites for hydroxylation is 2. The van der Waals surface area contributed by atoms with Crippen molar-refractivity contribution < 1.29 is 9.59 Å². The van der Waals surface area contributed by atoms with Crippen LogP contribution in [0.3, 0.4) is 0 Å². The van der Waals surface area contributed by atoms with Gasteiger partial charge in [-0.15, -0.1) is 11.3 Å². The number of benzene rings is 1. The highest BCUT2D eigenvalue weighted by Gasteiger charge is 2.39. The van der Waals surface area contributed by atoms with E-state index in [0.717, 1.165) is 56.6 Å². The molecule has 2 amide bonds. The SMILES string of the molecule is Cc1ccc(C(=O)N2CCC[C@@H]3CN(C(=O)CCCc4ccccc4)CC[C@@H]32)s1. The third kappa shape index (κ3) is 4.72. The van der Waals surface area contributed by atoms with E-state index < -0.39 is 0 Å². The fraction of sp³-hybridized carbons (Fsp3) is 0.500. The first-order chi connectivity index (χ1) is 14.1. The molecule has 0 spiro atoms.